The van der Waals surface area contributed by atoms with E-state index in [9.17, 15) is 4.79 Å². The molecule has 2 aromatic heterocycles. The molecule has 0 saturated heterocycles. The number of nitrogens with zero attached hydrogens (tertiary/aromatic N) is 2. The van der Waals surface area contributed by atoms with E-state index in [0.29, 0.717) is 21.6 Å². The third-order valence-corrected chi connectivity index (χ3v) is 6.09. The van der Waals surface area contributed by atoms with Crippen LogP contribution in [0.4, 0.5) is 5.69 Å². The van der Waals surface area contributed by atoms with Crippen LogP contribution in [-0.2, 0) is 17.8 Å². The fourth-order valence-corrected chi connectivity index (χ4v) is 4.35. The number of thiocarbonyl (C=S) groups is 1. The topological polar surface area (TPSA) is 68.2 Å². The smallest absolute Gasteiger partial charge is 0.349 e. The summed E-state index contributed by atoms with van der Waals surface area (Å²) < 4.78 is 7.60. The Labute approximate surface area is 171 Å². The van der Waals surface area contributed by atoms with E-state index in [4.69, 9.17) is 28.6 Å². The van der Waals surface area contributed by atoms with E-state index in [-0.39, 0.29) is 0 Å². The number of ether oxygens (including phenoxy) is 1. The van der Waals surface area contributed by atoms with Gasteiger partial charge in [0.25, 0.3) is 0 Å². The SMILES string of the molecule is CCn1ncc(CNC(=S)Nc2ccc3c(Cl)c(C(=O)OC)sc3c2)c1C. The molecule has 2 N–H and O–H groups in total. The molecule has 1 aromatic carbocycles. The van der Waals surface area contributed by atoms with Gasteiger partial charge < -0.3 is 15.4 Å². The van der Waals surface area contributed by atoms with Crippen molar-refractivity contribution in [3.05, 3.63) is 45.6 Å². The molecule has 0 aliphatic rings. The lowest BCUT2D eigenvalue weighted by Gasteiger charge is -2.10. The van der Waals surface area contributed by atoms with E-state index in [1.54, 1.807) is 0 Å². The van der Waals surface area contributed by atoms with Crippen LogP contribution in [0.2, 0.25) is 5.02 Å². The Hall–Kier alpha value is -2.16. The van der Waals surface area contributed by atoms with Crippen molar-refractivity contribution in [3.63, 3.8) is 0 Å². The summed E-state index contributed by atoms with van der Waals surface area (Å²) in [4.78, 5) is 12.2. The van der Waals surface area contributed by atoms with Crippen LogP contribution in [0.3, 0.4) is 0 Å². The van der Waals surface area contributed by atoms with Gasteiger partial charge in [0.15, 0.2) is 5.11 Å². The van der Waals surface area contributed by atoms with Crippen molar-refractivity contribution < 1.29 is 9.53 Å². The molecule has 0 amide bonds. The summed E-state index contributed by atoms with van der Waals surface area (Å²) in [5, 5.41) is 12.4. The molecular weight excluding hydrogens is 404 g/mol. The predicted octanol–water partition coefficient (Wildman–Crippen LogP) is 4.35. The second-order valence-electron chi connectivity index (χ2n) is 5.83. The molecule has 0 aliphatic carbocycles. The molecule has 3 rings (SSSR count). The van der Waals surface area contributed by atoms with Crippen LogP contribution >= 0.6 is 35.2 Å². The molecular formula is C18H19ClN4O2S2. The van der Waals surface area contributed by atoms with Crippen molar-refractivity contribution in [2.24, 2.45) is 0 Å². The number of methoxy groups -OCH3 is 1. The zero-order valence-corrected chi connectivity index (χ0v) is 17.5. The van der Waals surface area contributed by atoms with Crippen molar-refractivity contribution in [2.45, 2.75) is 26.9 Å². The molecule has 6 nitrogen and oxygen atoms in total. The van der Waals surface area contributed by atoms with E-state index in [0.717, 1.165) is 33.6 Å². The van der Waals surface area contributed by atoms with Gasteiger partial charge >= 0.3 is 5.97 Å². The van der Waals surface area contributed by atoms with E-state index < -0.39 is 5.97 Å². The number of hydrogen-bond donors (Lipinski definition) is 2. The van der Waals surface area contributed by atoms with Gasteiger partial charge in [-0.3, -0.25) is 4.68 Å². The number of aryl methyl sites for hydroxylation is 1. The number of carbonyl (C=O) groups is 1. The van der Waals surface area contributed by atoms with Crippen LogP contribution < -0.4 is 10.6 Å². The molecule has 3 aromatic rings. The Bertz CT molecular complexity index is 1010. The van der Waals surface area contributed by atoms with Crippen LogP contribution in [0.1, 0.15) is 27.9 Å². The number of halogens is 1. The van der Waals surface area contributed by atoms with Gasteiger partial charge in [-0.2, -0.15) is 5.10 Å². The van der Waals surface area contributed by atoms with E-state index >= 15 is 0 Å². The third-order valence-electron chi connectivity index (χ3n) is 4.20. The third kappa shape index (κ3) is 4.07. The molecule has 0 aliphatic heterocycles. The molecule has 0 bridgehead atoms. The number of anilines is 1. The normalized spacial score (nSPS) is 10.8. The summed E-state index contributed by atoms with van der Waals surface area (Å²) in [5.74, 6) is -0.434. The Morgan fingerprint density at radius 3 is 2.89 bits per heavy atom. The first-order valence-corrected chi connectivity index (χ1v) is 9.91. The lowest BCUT2D eigenvalue weighted by atomic mass is 10.2. The van der Waals surface area contributed by atoms with Gasteiger partial charge in [0.2, 0.25) is 0 Å². The number of hydrogen-bond acceptors (Lipinski definition) is 5. The second-order valence-corrected chi connectivity index (χ2v) is 7.66. The molecule has 0 spiro atoms. The highest BCUT2D eigenvalue weighted by Crippen LogP contribution is 2.37. The average Bonchev–Trinajstić information content (AvgIpc) is 3.19. The first-order valence-electron chi connectivity index (χ1n) is 8.31. The number of fused-ring (bicyclic) bond motifs is 1. The predicted molar refractivity (Wildman–Crippen MR) is 114 cm³/mol. The van der Waals surface area contributed by atoms with Gasteiger partial charge in [-0.05, 0) is 44.3 Å². The van der Waals surface area contributed by atoms with Gasteiger partial charge in [-0.15, -0.1) is 11.3 Å². The molecule has 0 atom stereocenters. The first kappa shape index (κ1) is 19.6. The van der Waals surface area contributed by atoms with Crippen molar-refractivity contribution in [1.82, 2.24) is 15.1 Å². The lowest BCUT2D eigenvalue weighted by molar-refractivity contribution is 0.0606. The summed E-state index contributed by atoms with van der Waals surface area (Å²) >= 11 is 13.0. The Balaban J connectivity index is 1.69. The van der Waals surface area contributed by atoms with Crippen molar-refractivity contribution in [3.8, 4) is 0 Å². The zero-order chi connectivity index (χ0) is 19.6. The summed E-state index contributed by atoms with van der Waals surface area (Å²) in [6, 6.07) is 5.64. The maximum absolute atomic E-state index is 11.8. The van der Waals surface area contributed by atoms with Crippen LogP contribution in [0.15, 0.2) is 24.4 Å². The van der Waals surface area contributed by atoms with Crippen molar-refractivity contribution in [2.75, 3.05) is 12.4 Å². The number of benzene rings is 1. The van der Waals surface area contributed by atoms with E-state index in [1.165, 1.54) is 18.4 Å². The molecule has 0 radical (unpaired) electrons. The molecule has 142 valence electrons. The van der Waals surface area contributed by atoms with Crippen LogP contribution in [0.5, 0.6) is 0 Å². The van der Waals surface area contributed by atoms with E-state index in [1.807, 2.05) is 36.0 Å². The van der Waals surface area contributed by atoms with Gasteiger partial charge in [0.05, 0.1) is 18.3 Å². The highest BCUT2D eigenvalue weighted by molar-refractivity contribution is 7.80. The largest absolute Gasteiger partial charge is 0.465 e. The fourth-order valence-electron chi connectivity index (χ4n) is 2.70. The molecule has 0 fully saturated rings. The highest BCUT2D eigenvalue weighted by atomic mass is 35.5. The summed E-state index contributed by atoms with van der Waals surface area (Å²) in [7, 11) is 1.34. The second kappa shape index (κ2) is 8.24. The number of thiophene rings is 1. The Kier molecular flexibility index (Phi) is 5.98. The molecule has 27 heavy (non-hydrogen) atoms. The Morgan fingerprint density at radius 1 is 1.44 bits per heavy atom. The lowest BCUT2D eigenvalue weighted by Crippen LogP contribution is -2.28. The maximum atomic E-state index is 11.8. The molecule has 9 heteroatoms. The number of carbonyl (C=O) groups excluding carboxylic acids is 1. The van der Waals surface area contributed by atoms with Crippen LogP contribution in [-0.4, -0.2) is 28.0 Å². The van der Waals surface area contributed by atoms with Gasteiger partial charge in [-0.25, -0.2) is 4.79 Å². The minimum atomic E-state index is -0.434. The van der Waals surface area contributed by atoms with E-state index in [2.05, 4.69) is 22.7 Å². The number of aromatic nitrogens is 2. The number of rotatable bonds is 5. The Morgan fingerprint density at radius 2 is 2.22 bits per heavy atom. The van der Waals surface area contributed by atoms with Crippen molar-refractivity contribution >= 4 is 62.0 Å². The van der Waals surface area contributed by atoms with Gasteiger partial charge in [0, 0.05) is 40.1 Å². The van der Waals surface area contributed by atoms with Gasteiger partial charge in [-0.1, -0.05) is 11.6 Å². The summed E-state index contributed by atoms with van der Waals surface area (Å²) in [5.41, 5.74) is 3.04. The van der Waals surface area contributed by atoms with Crippen LogP contribution in [0.25, 0.3) is 10.1 Å². The highest BCUT2D eigenvalue weighted by Gasteiger charge is 2.17. The standard InChI is InChI=1S/C18H19ClN4O2S2/c1-4-23-10(2)11(9-21-23)8-20-18(26)22-12-5-6-13-14(7-12)27-16(15(13)19)17(24)25-3/h5-7,9H,4,8H2,1-3H3,(H2,20,22,26). The number of nitrogens with one attached hydrogen (secondary N) is 2. The number of esters is 1. The van der Waals surface area contributed by atoms with Gasteiger partial charge in [0.1, 0.15) is 4.88 Å². The van der Waals surface area contributed by atoms with Crippen molar-refractivity contribution in [1.29, 1.82) is 0 Å². The molecule has 2 heterocycles. The minimum absolute atomic E-state index is 0.399. The minimum Gasteiger partial charge on any atom is -0.465 e. The fraction of sp³-hybridized carbons (Fsp3) is 0.278. The summed E-state index contributed by atoms with van der Waals surface area (Å²) in [6.45, 7) is 5.53. The summed E-state index contributed by atoms with van der Waals surface area (Å²) in [6.07, 6.45) is 1.85. The van der Waals surface area contributed by atoms with Crippen LogP contribution in [0, 0.1) is 6.92 Å². The maximum Gasteiger partial charge on any atom is 0.349 e. The first-order chi connectivity index (χ1) is 12.9. The quantitative estimate of drug-likeness (QED) is 0.470. The zero-order valence-electron chi connectivity index (χ0n) is 15.1. The average molecular weight is 423 g/mol. The monoisotopic (exact) mass is 422 g/mol. The molecule has 0 unspecified atom stereocenters. The molecule has 0 saturated carbocycles.